The number of ether oxygens (including phenoxy) is 1. The average Bonchev–Trinajstić information content (AvgIpc) is 2.35. The zero-order chi connectivity index (χ0) is 13.8. The van der Waals surface area contributed by atoms with Crippen LogP contribution in [0.2, 0.25) is 0 Å². The summed E-state index contributed by atoms with van der Waals surface area (Å²) in [6.07, 6.45) is 4.46. The van der Waals surface area contributed by atoms with Crippen molar-refractivity contribution in [2.24, 2.45) is 0 Å². The Hall–Kier alpha value is -1.84. The molecule has 0 radical (unpaired) electrons. The van der Waals surface area contributed by atoms with E-state index in [-0.39, 0.29) is 11.9 Å². The molecule has 4 heteroatoms. The second-order valence-electron chi connectivity index (χ2n) is 4.94. The first-order valence-corrected chi connectivity index (χ1v) is 6.64. The number of fused-ring (bicyclic) bond motifs is 1. The molecule has 2 rings (SSSR count). The van der Waals surface area contributed by atoms with Gasteiger partial charge in [-0.2, -0.15) is 0 Å². The molecule has 1 amide bonds. The first-order chi connectivity index (χ1) is 9.06. The molecule has 0 saturated carbocycles. The van der Waals surface area contributed by atoms with E-state index in [9.17, 15) is 9.59 Å². The molecule has 0 aliphatic heterocycles. The minimum Gasteiger partial charge on any atom is -0.426 e. The summed E-state index contributed by atoms with van der Waals surface area (Å²) in [7, 11) is 0. The molecule has 0 spiro atoms. The van der Waals surface area contributed by atoms with E-state index in [2.05, 4.69) is 11.4 Å². The molecule has 1 aliphatic carbocycles. The fraction of sp³-hybridized carbons (Fsp3) is 0.467. The summed E-state index contributed by atoms with van der Waals surface area (Å²) in [4.78, 5) is 22.2. The van der Waals surface area contributed by atoms with Crippen LogP contribution < -0.4 is 10.1 Å². The summed E-state index contributed by atoms with van der Waals surface area (Å²) < 4.78 is 5.25. The van der Waals surface area contributed by atoms with Gasteiger partial charge in [0.05, 0.1) is 0 Å². The zero-order valence-electron chi connectivity index (χ0n) is 11.4. The second kappa shape index (κ2) is 5.87. The fourth-order valence-electron chi connectivity index (χ4n) is 2.42. The van der Waals surface area contributed by atoms with Crippen LogP contribution in [-0.2, 0) is 29.0 Å². The SMILES string of the molecule is CC(=O)NCc1cc2c(cc1OC(C)=O)CCCC2. The Bertz CT molecular complexity index is 508. The first-order valence-electron chi connectivity index (χ1n) is 6.64. The van der Waals surface area contributed by atoms with Crippen molar-refractivity contribution in [3.8, 4) is 5.75 Å². The third-order valence-electron chi connectivity index (χ3n) is 3.31. The topological polar surface area (TPSA) is 55.4 Å². The van der Waals surface area contributed by atoms with Gasteiger partial charge in [0.15, 0.2) is 0 Å². The van der Waals surface area contributed by atoms with E-state index in [1.165, 1.54) is 37.8 Å². The van der Waals surface area contributed by atoms with E-state index >= 15 is 0 Å². The summed E-state index contributed by atoms with van der Waals surface area (Å²) >= 11 is 0. The monoisotopic (exact) mass is 261 g/mol. The van der Waals surface area contributed by atoms with Crippen molar-refractivity contribution < 1.29 is 14.3 Å². The molecule has 0 unspecified atom stereocenters. The van der Waals surface area contributed by atoms with Crippen LogP contribution in [0.4, 0.5) is 0 Å². The Morgan fingerprint density at radius 3 is 2.37 bits per heavy atom. The van der Waals surface area contributed by atoms with Crippen LogP contribution in [0.15, 0.2) is 12.1 Å². The van der Waals surface area contributed by atoms with Crippen molar-refractivity contribution >= 4 is 11.9 Å². The molecular formula is C15H19NO3. The van der Waals surface area contributed by atoms with Crippen LogP contribution in [0.25, 0.3) is 0 Å². The van der Waals surface area contributed by atoms with Gasteiger partial charge < -0.3 is 10.1 Å². The van der Waals surface area contributed by atoms with Crippen molar-refractivity contribution in [3.05, 3.63) is 28.8 Å². The smallest absolute Gasteiger partial charge is 0.308 e. The predicted molar refractivity (Wildman–Crippen MR) is 71.9 cm³/mol. The third-order valence-corrected chi connectivity index (χ3v) is 3.31. The number of rotatable bonds is 3. The fourth-order valence-corrected chi connectivity index (χ4v) is 2.42. The molecule has 0 saturated heterocycles. The number of carbonyl (C=O) groups is 2. The molecule has 0 atom stereocenters. The lowest BCUT2D eigenvalue weighted by atomic mass is 9.90. The molecule has 1 aliphatic rings. The standard InChI is InChI=1S/C15H19NO3/c1-10(17)16-9-14-7-12-5-3-4-6-13(12)8-15(14)19-11(2)18/h7-8H,3-6,9H2,1-2H3,(H,16,17). The maximum Gasteiger partial charge on any atom is 0.308 e. The molecule has 0 heterocycles. The summed E-state index contributed by atoms with van der Waals surface area (Å²) in [6.45, 7) is 3.26. The zero-order valence-corrected chi connectivity index (χ0v) is 11.4. The van der Waals surface area contributed by atoms with Crippen molar-refractivity contribution in [2.45, 2.75) is 46.1 Å². The number of hydrogen-bond acceptors (Lipinski definition) is 3. The molecule has 102 valence electrons. The lowest BCUT2D eigenvalue weighted by Crippen LogP contribution is -2.20. The minimum absolute atomic E-state index is 0.0912. The number of nitrogens with one attached hydrogen (secondary N) is 1. The second-order valence-corrected chi connectivity index (χ2v) is 4.94. The molecule has 0 fully saturated rings. The lowest BCUT2D eigenvalue weighted by Gasteiger charge is -2.19. The van der Waals surface area contributed by atoms with Crippen LogP contribution in [0.3, 0.4) is 0 Å². The Morgan fingerprint density at radius 2 is 1.79 bits per heavy atom. The van der Waals surface area contributed by atoms with Gasteiger partial charge in [0.2, 0.25) is 5.91 Å². The van der Waals surface area contributed by atoms with E-state index in [1.807, 2.05) is 6.07 Å². The largest absolute Gasteiger partial charge is 0.426 e. The van der Waals surface area contributed by atoms with Gasteiger partial charge in [0, 0.05) is 26.0 Å². The Balaban J connectivity index is 2.30. The van der Waals surface area contributed by atoms with Crippen molar-refractivity contribution in [1.82, 2.24) is 5.32 Å². The summed E-state index contributed by atoms with van der Waals surface area (Å²) in [5.74, 6) is 0.147. The average molecular weight is 261 g/mol. The van der Waals surface area contributed by atoms with Gasteiger partial charge >= 0.3 is 5.97 Å². The normalized spacial score (nSPS) is 13.6. The molecular weight excluding hydrogens is 242 g/mol. The van der Waals surface area contributed by atoms with Gasteiger partial charge in [-0.05, 0) is 42.9 Å². The van der Waals surface area contributed by atoms with Gasteiger partial charge in [-0.1, -0.05) is 6.07 Å². The Labute approximate surface area is 113 Å². The highest BCUT2D eigenvalue weighted by Gasteiger charge is 2.15. The van der Waals surface area contributed by atoms with E-state index in [0.29, 0.717) is 12.3 Å². The quantitative estimate of drug-likeness (QED) is 0.670. The van der Waals surface area contributed by atoms with Gasteiger partial charge in [0.1, 0.15) is 5.75 Å². The van der Waals surface area contributed by atoms with Gasteiger partial charge in [-0.25, -0.2) is 0 Å². The molecule has 1 aromatic rings. The van der Waals surface area contributed by atoms with Crippen LogP contribution in [-0.4, -0.2) is 11.9 Å². The number of esters is 1. The van der Waals surface area contributed by atoms with Crippen molar-refractivity contribution in [1.29, 1.82) is 0 Å². The molecule has 19 heavy (non-hydrogen) atoms. The maximum atomic E-state index is 11.2. The summed E-state index contributed by atoms with van der Waals surface area (Å²) in [5.41, 5.74) is 3.43. The minimum atomic E-state index is -0.333. The van der Waals surface area contributed by atoms with E-state index in [1.54, 1.807) is 0 Å². The molecule has 0 bridgehead atoms. The van der Waals surface area contributed by atoms with Crippen LogP contribution >= 0.6 is 0 Å². The highest BCUT2D eigenvalue weighted by atomic mass is 16.5. The molecule has 0 aromatic heterocycles. The third kappa shape index (κ3) is 3.56. The van der Waals surface area contributed by atoms with Crippen LogP contribution in [0, 0.1) is 0 Å². The number of benzene rings is 1. The Morgan fingerprint density at radius 1 is 1.16 bits per heavy atom. The molecule has 1 N–H and O–H groups in total. The van der Waals surface area contributed by atoms with E-state index < -0.39 is 0 Å². The number of carbonyl (C=O) groups excluding carboxylic acids is 2. The number of aryl methyl sites for hydroxylation is 2. The molecule has 4 nitrogen and oxygen atoms in total. The van der Waals surface area contributed by atoms with E-state index in [4.69, 9.17) is 4.74 Å². The van der Waals surface area contributed by atoms with Crippen molar-refractivity contribution in [3.63, 3.8) is 0 Å². The number of hydrogen-bond donors (Lipinski definition) is 1. The van der Waals surface area contributed by atoms with Gasteiger partial charge in [-0.3, -0.25) is 9.59 Å². The Kier molecular flexibility index (Phi) is 4.20. The van der Waals surface area contributed by atoms with Crippen LogP contribution in [0.5, 0.6) is 5.75 Å². The summed E-state index contributed by atoms with van der Waals surface area (Å²) in [6, 6.07) is 4.01. The van der Waals surface area contributed by atoms with E-state index in [0.717, 1.165) is 18.4 Å². The lowest BCUT2D eigenvalue weighted by molar-refractivity contribution is -0.131. The highest BCUT2D eigenvalue weighted by Crippen LogP contribution is 2.29. The van der Waals surface area contributed by atoms with Gasteiger partial charge in [0.25, 0.3) is 0 Å². The highest BCUT2D eigenvalue weighted by molar-refractivity contribution is 5.73. The first kappa shape index (κ1) is 13.6. The summed E-state index contributed by atoms with van der Waals surface area (Å²) in [5, 5.41) is 2.75. The maximum absolute atomic E-state index is 11.2. The number of amides is 1. The molecule has 1 aromatic carbocycles. The predicted octanol–water partition coefficient (Wildman–Crippen LogP) is 2.13. The van der Waals surface area contributed by atoms with Gasteiger partial charge in [-0.15, -0.1) is 0 Å². The van der Waals surface area contributed by atoms with Crippen LogP contribution in [0.1, 0.15) is 43.4 Å². The van der Waals surface area contributed by atoms with Crippen molar-refractivity contribution in [2.75, 3.05) is 0 Å².